The van der Waals surface area contributed by atoms with Gasteiger partial charge in [0.25, 0.3) is 0 Å². The van der Waals surface area contributed by atoms with E-state index in [-0.39, 0.29) is 29.1 Å². The Balaban J connectivity index is 1.58. The molecule has 2 aromatic rings. The molecule has 0 saturated carbocycles. The maximum atomic E-state index is 12.7. The van der Waals surface area contributed by atoms with Gasteiger partial charge in [-0.2, -0.15) is 4.98 Å². The third-order valence-electron chi connectivity index (χ3n) is 5.22. The number of aromatic nitrogens is 2. The molecule has 0 spiro atoms. The Morgan fingerprint density at radius 2 is 2.00 bits per heavy atom. The van der Waals surface area contributed by atoms with E-state index in [0.29, 0.717) is 22.0 Å². The first kappa shape index (κ1) is 19.7. The Morgan fingerprint density at radius 1 is 1.25 bits per heavy atom. The van der Waals surface area contributed by atoms with Gasteiger partial charge in [-0.15, -0.1) is 0 Å². The van der Waals surface area contributed by atoms with Crippen LogP contribution in [0.5, 0.6) is 0 Å². The van der Waals surface area contributed by atoms with Crippen LogP contribution in [0.3, 0.4) is 0 Å². The summed E-state index contributed by atoms with van der Waals surface area (Å²) in [6.07, 6.45) is 2.89. The predicted octanol–water partition coefficient (Wildman–Crippen LogP) is 2.72. The van der Waals surface area contributed by atoms with Gasteiger partial charge in [-0.25, -0.2) is 13.2 Å². The molecule has 4 rings (SSSR count). The van der Waals surface area contributed by atoms with Crippen molar-refractivity contribution >= 4 is 39.0 Å². The lowest BCUT2D eigenvalue weighted by Crippen LogP contribution is -2.31. The molecule has 1 aromatic carbocycles. The van der Waals surface area contributed by atoms with Crippen LogP contribution in [0.1, 0.15) is 40.5 Å². The lowest BCUT2D eigenvalue weighted by Gasteiger charge is -2.18. The number of carbonyl (C=O) groups excluding carboxylic acids is 1. The average molecular weight is 439 g/mol. The van der Waals surface area contributed by atoms with Crippen LogP contribution >= 0.6 is 23.4 Å². The molecule has 0 amide bonds. The number of hydrogen-bond acceptors (Lipinski definition) is 6. The van der Waals surface area contributed by atoms with Crippen molar-refractivity contribution in [1.82, 2.24) is 9.55 Å². The minimum Gasteiger partial charge on any atom is -0.293 e. The molecule has 1 aromatic heterocycles. The van der Waals surface area contributed by atoms with Crippen LogP contribution in [0.4, 0.5) is 0 Å². The molecule has 0 N–H and O–H groups in total. The second-order valence-electron chi connectivity index (χ2n) is 7.12. The van der Waals surface area contributed by atoms with Gasteiger partial charge in [-0.05, 0) is 49.9 Å². The number of carbonyl (C=O) groups is 1. The van der Waals surface area contributed by atoms with E-state index in [4.69, 9.17) is 11.6 Å². The Bertz CT molecular complexity index is 1090. The van der Waals surface area contributed by atoms with Crippen LogP contribution in [-0.4, -0.2) is 41.0 Å². The number of Topliss-reactive ketones (excluding diaryl/α,β-unsaturated/α-hetero) is 1. The van der Waals surface area contributed by atoms with Crippen molar-refractivity contribution in [2.45, 2.75) is 36.8 Å². The number of fused-ring (bicyclic) bond motifs is 1. The summed E-state index contributed by atoms with van der Waals surface area (Å²) in [5.41, 5.74) is 2.03. The van der Waals surface area contributed by atoms with E-state index < -0.39 is 15.5 Å². The van der Waals surface area contributed by atoms with Crippen molar-refractivity contribution in [2.24, 2.45) is 0 Å². The highest BCUT2D eigenvalue weighted by atomic mass is 35.5. The molecular formula is C19H19ClN2O4S2. The standard InChI is InChI=1S/C19H19ClN2O4S2/c20-13-6-4-12(5-7-13)17(23)10-27-18-15-2-1-3-16(15)22(19(24)21-18)14-8-9-28(25,26)11-14/h4-7,14H,1-3,8-11H2/t14-/m1/s1. The second-order valence-corrected chi connectivity index (χ2v) is 10.8. The first-order valence-corrected chi connectivity index (χ1v) is 12.3. The number of hydrogen-bond donors (Lipinski definition) is 0. The molecule has 0 radical (unpaired) electrons. The van der Waals surface area contributed by atoms with Crippen molar-refractivity contribution in [3.8, 4) is 0 Å². The Labute approximate surface area is 172 Å². The van der Waals surface area contributed by atoms with E-state index in [2.05, 4.69) is 4.98 Å². The van der Waals surface area contributed by atoms with Crippen LogP contribution in [0, 0.1) is 0 Å². The fourth-order valence-corrected chi connectivity index (χ4v) is 6.67. The molecule has 1 atom stereocenters. The quantitative estimate of drug-likeness (QED) is 0.405. The number of benzene rings is 1. The topological polar surface area (TPSA) is 86.1 Å². The van der Waals surface area contributed by atoms with Gasteiger partial charge in [0.2, 0.25) is 0 Å². The molecule has 148 valence electrons. The van der Waals surface area contributed by atoms with Crippen molar-refractivity contribution in [1.29, 1.82) is 0 Å². The first-order valence-electron chi connectivity index (χ1n) is 9.10. The normalized spacial score (nSPS) is 20.2. The summed E-state index contributed by atoms with van der Waals surface area (Å²) in [4.78, 5) is 29.3. The summed E-state index contributed by atoms with van der Waals surface area (Å²) < 4.78 is 25.3. The number of nitrogens with zero attached hydrogens (tertiary/aromatic N) is 2. The van der Waals surface area contributed by atoms with Gasteiger partial charge >= 0.3 is 5.69 Å². The molecule has 6 nitrogen and oxygen atoms in total. The number of thioether (sulfide) groups is 1. The zero-order chi connectivity index (χ0) is 19.9. The molecule has 2 heterocycles. The molecule has 1 fully saturated rings. The van der Waals surface area contributed by atoms with Gasteiger partial charge in [-0.3, -0.25) is 9.36 Å². The highest BCUT2D eigenvalue weighted by molar-refractivity contribution is 8.00. The van der Waals surface area contributed by atoms with Gasteiger partial charge in [0.15, 0.2) is 15.6 Å². The second kappa shape index (κ2) is 7.65. The highest BCUT2D eigenvalue weighted by Crippen LogP contribution is 2.33. The Kier molecular flexibility index (Phi) is 5.37. The smallest absolute Gasteiger partial charge is 0.293 e. The van der Waals surface area contributed by atoms with E-state index >= 15 is 0 Å². The number of sulfone groups is 1. The molecule has 1 saturated heterocycles. The van der Waals surface area contributed by atoms with E-state index in [1.165, 1.54) is 11.8 Å². The molecule has 28 heavy (non-hydrogen) atoms. The zero-order valence-corrected chi connectivity index (χ0v) is 17.4. The summed E-state index contributed by atoms with van der Waals surface area (Å²) in [5.74, 6) is 0.247. The van der Waals surface area contributed by atoms with Gasteiger partial charge in [0.1, 0.15) is 5.03 Å². The molecule has 0 bridgehead atoms. The lowest BCUT2D eigenvalue weighted by atomic mass is 10.1. The SMILES string of the molecule is O=C(CSc1nc(=O)n([C@@H]2CCS(=O)(=O)C2)c2c1CCC2)c1ccc(Cl)cc1. The maximum Gasteiger partial charge on any atom is 0.349 e. The first-order chi connectivity index (χ1) is 13.3. The zero-order valence-electron chi connectivity index (χ0n) is 15.1. The lowest BCUT2D eigenvalue weighted by molar-refractivity contribution is 0.102. The van der Waals surface area contributed by atoms with E-state index in [0.717, 1.165) is 30.5 Å². The fraction of sp³-hybridized carbons (Fsp3) is 0.421. The monoisotopic (exact) mass is 438 g/mol. The van der Waals surface area contributed by atoms with Crippen LogP contribution in [-0.2, 0) is 22.7 Å². The largest absolute Gasteiger partial charge is 0.349 e. The van der Waals surface area contributed by atoms with Crippen LogP contribution < -0.4 is 5.69 Å². The fourth-order valence-electron chi connectivity index (χ4n) is 3.88. The van der Waals surface area contributed by atoms with E-state index in [1.54, 1.807) is 28.8 Å². The van der Waals surface area contributed by atoms with Gasteiger partial charge < -0.3 is 0 Å². The van der Waals surface area contributed by atoms with Crippen LogP contribution in [0.2, 0.25) is 5.02 Å². The summed E-state index contributed by atoms with van der Waals surface area (Å²) in [7, 11) is -3.09. The molecule has 0 unspecified atom stereocenters. The molecule has 1 aliphatic heterocycles. The maximum absolute atomic E-state index is 12.7. The third-order valence-corrected chi connectivity index (χ3v) is 8.24. The van der Waals surface area contributed by atoms with Crippen LogP contribution in [0.25, 0.3) is 0 Å². The third kappa shape index (κ3) is 3.90. The number of halogens is 1. The predicted molar refractivity (Wildman–Crippen MR) is 109 cm³/mol. The molecule has 2 aliphatic rings. The van der Waals surface area contributed by atoms with Gasteiger partial charge in [0, 0.05) is 21.8 Å². The molecular weight excluding hydrogens is 420 g/mol. The van der Waals surface area contributed by atoms with Crippen molar-refractivity contribution in [2.75, 3.05) is 17.3 Å². The number of rotatable bonds is 5. The van der Waals surface area contributed by atoms with Gasteiger partial charge in [0.05, 0.1) is 23.3 Å². The minimum atomic E-state index is -3.09. The van der Waals surface area contributed by atoms with Gasteiger partial charge in [-0.1, -0.05) is 23.4 Å². The molecule has 1 aliphatic carbocycles. The van der Waals surface area contributed by atoms with Crippen molar-refractivity contribution < 1.29 is 13.2 Å². The summed E-state index contributed by atoms with van der Waals surface area (Å²) in [6, 6.07) is 6.38. The Morgan fingerprint density at radius 3 is 2.68 bits per heavy atom. The number of ketones is 1. The van der Waals surface area contributed by atoms with Crippen molar-refractivity contribution in [3.63, 3.8) is 0 Å². The summed E-state index contributed by atoms with van der Waals surface area (Å²) in [6.45, 7) is 0. The van der Waals surface area contributed by atoms with Crippen LogP contribution in [0.15, 0.2) is 34.1 Å². The average Bonchev–Trinajstić information content (AvgIpc) is 3.26. The van der Waals surface area contributed by atoms with Crippen molar-refractivity contribution in [3.05, 3.63) is 56.6 Å². The summed E-state index contributed by atoms with van der Waals surface area (Å²) in [5, 5.41) is 1.16. The van der Waals surface area contributed by atoms with E-state index in [1.807, 2.05) is 0 Å². The molecule has 9 heteroatoms. The Hall–Kier alpha value is -1.64. The van der Waals surface area contributed by atoms with E-state index in [9.17, 15) is 18.0 Å². The minimum absolute atomic E-state index is 0.00255. The highest BCUT2D eigenvalue weighted by Gasteiger charge is 2.33. The summed E-state index contributed by atoms with van der Waals surface area (Å²) >= 11 is 7.13.